The van der Waals surface area contributed by atoms with Crippen molar-refractivity contribution in [3.8, 4) is 0 Å². The molecule has 1 aromatic heterocycles. The van der Waals surface area contributed by atoms with E-state index in [1.165, 1.54) is 10.9 Å². The molecule has 5 heteroatoms. The molecule has 0 radical (unpaired) electrons. The van der Waals surface area contributed by atoms with Crippen LogP contribution in [0.4, 0.5) is 9.52 Å². The minimum Gasteiger partial charge on any atom is -0.344 e. The molecule has 1 aromatic carbocycles. The van der Waals surface area contributed by atoms with E-state index in [2.05, 4.69) is 17.2 Å². The first kappa shape index (κ1) is 15.9. The fourth-order valence-corrected chi connectivity index (χ4v) is 3.43. The molecule has 2 atom stereocenters. The highest BCUT2D eigenvalue weighted by atomic mass is 32.1. The summed E-state index contributed by atoms with van der Waals surface area (Å²) in [5.41, 5.74) is 1.72. The molecule has 2 aromatic rings. The lowest BCUT2D eigenvalue weighted by molar-refractivity contribution is 0.585. The molecule has 0 saturated carbocycles. The maximum Gasteiger partial charge on any atom is 0.186 e. The molecule has 0 saturated heterocycles. The number of anilines is 1. The van der Waals surface area contributed by atoms with E-state index < -0.39 is 0 Å². The minimum absolute atomic E-state index is 0.0607. The van der Waals surface area contributed by atoms with Crippen molar-refractivity contribution in [3.63, 3.8) is 0 Å². The zero-order valence-corrected chi connectivity index (χ0v) is 14.0. The van der Waals surface area contributed by atoms with Gasteiger partial charge in [0.25, 0.3) is 0 Å². The van der Waals surface area contributed by atoms with Crippen LogP contribution in [-0.2, 0) is 0 Å². The van der Waals surface area contributed by atoms with Crippen LogP contribution in [0.3, 0.4) is 0 Å². The Kier molecular flexibility index (Phi) is 4.96. The summed E-state index contributed by atoms with van der Waals surface area (Å²) in [6, 6.07) is 7.12. The van der Waals surface area contributed by atoms with E-state index in [9.17, 15) is 4.39 Å². The summed E-state index contributed by atoms with van der Waals surface area (Å²) in [5, 5.41) is 4.15. The summed E-state index contributed by atoms with van der Waals surface area (Å²) in [5.74, 6) is -0.172. The maximum absolute atomic E-state index is 13.9. The quantitative estimate of drug-likeness (QED) is 0.902. The Bertz CT molecular complexity index is 611. The number of aromatic nitrogens is 1. The molecule has 21 heavy (non-hydrogen) atoms. The summed E-state index contributed by atoms with van der Waals surface area (Å²) in [7, 11) is 3.90. The third kappa shape index (κ3) is 3.24. The molecule has 0 bridgehead atoms. The molecule has 114 valence electrons. The van der Waals surface area contributed by atoms with E-state index >= 15 is 0 Å². The van der Waals surface area contributed by atoms with Crippen molar-refractivity contribution in [2.75, 3.05) is 19.0 Å². The zero-order valence-electron chi connectivity index (χ0n) is 13.1. The highest BCUT2D eigenvalue weighted by Crippen LogP contribution is 2.34. The largest absolute Gasteiger partial charge is 0.344 e. The minimum atomic E-state index is -0.172. The molecule has 0 fully saturated rings. The molecular weight excluding hydrogens is 285 g/mol. The molecule has 2 unspecified atom stereocenters. The van der Waals surface area contributed by atoms with Crippen molar-refractivity contribution in [1.82, 2.24) is 10.3 Å². The van der Waals surface area contributed by atoms with Gasteiger partial charge in [-0.05, 0) is 33.9 Å². The van der Waals surface area contributed by atoms with Gasteiger partial charge in [-0.2, -0.15) is 0 Å². The van der Waals surface area contributed by atoms with Crippen molar-refractivity contribution >= 4 is 16.5 Å². The number of benzene rings is 1. The molecule has 0 aliphatic heterocycles. The first-order valence-corrected chi connectivity index (χ1v) is 7.89. The van der Waals surface area contributed by atoms with Gasteiger partial charge < -0.3 is 10.2 Å². The van der Waals surface area contributed by atoms with Crippen LogP contribution < -0.4 is 10.2 Å². The van der Waals surface area contributed by atoms with Gasteiger partial charge in [0, 0.05) is 23.5 Å². The standard InChI is InChI=1S/C16H22FN3S/c1-10(18-4)15-11(2)19-16(21-15)20(5)12(3)13-8-6-7-9-14(13)17/h6-10,12,18H,1-5H3. The van der Waals surface area contributed by atoms with Crippen LogP contribution in [0, 0.1) is 12.7 Å². The lowest BCUT2D eigenvalue weighted by atomic mass is 10.1. The van der Waals surface area contributed by atoms with Crippen LogP contribution in [0.1, 0.15) is 42.1 Å². The second-order valence-corrected chi connectivity index (χ2v) is 6.27. The van der Waals surface area contributed by atoms with Crippen LogP contribution in [-0.4, -0.2) is 19.1 Å². The first-order chi connectivity index (χ1) is 9.95. The Morgan fingerprint density at radius 2 is 1.95 bits per heavy atom. The Balaban J connectivity index is 2.28. The molecule has 0 amide bonds. The normalized spacial score (nSPS) is 14.0. The lowest BCUT2D eigenvalue weighted by Gasteiger charge is -2.25. The number of nitrogens with zero attached hydrogens (tertiary/aromatic N) is 2. The fraction of sp³-hybridized carbons (Fsp3) is 0.438. The number of halogens is 1. The van der Waals surface area contributed by atoms with E-state index in [0.29, 0.717) is 5.56 Å². The summed E-state index contributed by atoms with van der Waals surface area (Å²) < 4.78 is 13.9. The van der Waals surface area contributed by atoms with Crippen LogP contribution in [0.2, 0.25) is 0 Å². The molecule has 1 heterocycles. The first-order valence-electron chi connectivity index (χ1n) is 7.07. The molecule has 3 nitrogen and oxygen atoms in total. The molecular formula is C16H22FN3S. The summed E-state index contributed by atoms with van der Waals surface area (Å²) in [4.78, 5) is 7.89. The van der Waals surface area contributed by atoms with Gasteiger partial charge in [0.05, 0.1) is 11.7 Å². The second-order valence-electron chi connectivity index (χ2n) is 5.26. The number of aryl methyl sites for hydroxylation is 1. The van der Waals surface area contributed by atoms with Crippen LogP contribution in [0.15, 0.2) is 24.3 Å². The number of rotatable bonds is 5. The average Bonchev–Trinajstić information content (AvgIpc) is 2.87. The van der Waals surface area contributed by atoms with Crippen molar-refractivity contribution < 1.29 is 4.39 Å². The number of thiazole rings is 1. The van der Waals surface area contributed by atoms with Gasteiger partial charge in [0.2, 0.25) is 0 Å². The molecule has 0 aliphatic carbocycles. The van der Waals surface area contributed by atoms with Crippen molar-refractivity contribution in [2.24, 2.45) is 0 Å². The Morgan fingerprint density at radius 3 is 2.57 bits per heavy atom. The lowest BCUT2D eigenvalue weighted by Crippen LogP contribution is -2.22. The average molecular weight is 307 g/mol. The van der Waals surface area contributed by atoms with E-state index in [1.54, 1.807) is 17.4 Å². The van der Waals surface area contributed by atoms with E-state index in [4.69, 9.17) is 0 Å². The third-order valence-corrected chi connectivity index (χ3v) is 5.32. The number of hydrogen-bond donors (Lipinski definition) is 1. The van der Waals surface area contributed by atoms with Gasteiger partial charge >= 0.3 is 0 Å². The van der Waals surface area contributed by atoms with E-state index in [-0.39, 0.29) is 17.9 Å². The van der Waals surface area contributed by atoms with Crippen molar-refractivity contribution in [2.45, 2.75) is 32.9 Å². The molecule has 0 aliphatic rings. The predicted molar refractivity (Wildman–Crippen MR) is 87.5 cm³/mol. The second kappa shape index (κ2) is 6.54. The van der Waals surface area contributed by atoms with Crippen LogP contribution in [0.25, 0.3) is 0 Å². The highest BCUT2D eigenvalue weighted by Gasteiger charge is 2.20. The van der Waals surface area contributed by atoms with Gasteiger partial charge in [-0.1, -0.05) is 18.2 Å². The van der Waals surface area contributed by atoms with Crippen LogP contribution >= 0.6 is 11.3 Å². The highest BCUT2D eigenvalue weighted by molar-refractivity contribution is 7.15. The number of nitrogens with one attached hydrogen (secondary N) is 1. The Hall–Kier alpha value is -1.46. The topological polar surface area (TPSA) is 28.2 Å². The monoisotopic (exact) mass is 307 g/mol. The summed E-state index contributed by atoms with van der Waals surface area (Å²) >= 11 is 1.66. The van der Waals surface area contributed by atoms with E-state index in [1.807, 2.05) is 45.0 Å². The molecule has 0 spiro atoms. The van der Waals surface area contributed by atoms with Gasteiger partial charge in [-0.15, -0.1) is 11.3 Å². The van der Waals surface area contributed by atoms with Crippen molar-refractivity contribution in [1.29, 1.82) is 0 Å². The third-order valence-electron chi connectivity index (χ3n) is 3.89. The molecule has 1 N–H and O–H groups in total. The van der Waals surface area contributed by atoms with Gasteiger partial charge in [0.15, 0.2) is 5.13 Å². The molecule has 2 rings (SSSR count). The van der Waals surface area contributed by atoms with E-state index in [0.717, 1.165) is 10.8 Å². The predicted octanol–water partition coefficient (Wildman–Crippen LogP) is 4.07. The smallest absolute Gasteiger partial charge is 0.186 e. The maximum atomic E-state index is 13.9. The van der Waals surface area contributed by atoms with Gasteiger partial charge in [-0.3, -0.25) is 0 Å². The zero-order chi connectivity index (χ0) is 15.6. The van der Waals surface area contributed by atoms with Crippen molar-refractivity contribution in [3.05, 3.63) is 46.2 Å². The Labute approximate surface area is 129 Å². The SMILES string of the molecule is CNC(C)c1sc(N(C)C(C)c2ccccc2F)nc1C. The van der Waals surface area contributed by atoms with Gasteiger partial charge in [0.1, 0.15) is 5.82 Å². The summed E-state index contributed by atoms with van der Waals surface area (Å²) in [6.45, 7) is 6.13. The number of hydrogen-bond acceptors (Lipinski definition) is 4. The van der Waals surface area contributed by atoms with Crippen LogP contribution in [0.5, 0.6) is 0 Å². The Morgan fingerprint density at radius 1 is 1.29 bits per heavy atom. The summed E-state index contributed by atoms with van der Waals surface area (Å²) in [6.07, 6.45) is 0. The van der Waals surface area contributed by atoms with Gasteiger partial charge in [-0.25, -0.2) is 9.37 Å². The fourth-order valence-electron chi connectivity index (χ4n) is 2.27.